The molecule has 0 aliphatic rings. The molecule has 0 fully saturated rings. The number of nitrogens with zero attached hydrogens (tertiary/aromatic N) is 4. The fourth-order valence-electron chi connectivity index (χ4n) is 3.25. The Hall–Kier alpha value is -4.26. The number of anilines is 1. The molecule has 0 radical (unpaired) electrons. The number of aromatic nitrogens is 3. The first-order chi connectivity index (χ1) is 15.3. The van der Waals surface area contributed by atoms with Crippen LogP contribution in [0, 0.1) is 25.2 Å². The molecule has 10 heteroatoms. The highest BCUT2D eigenvalue weighted by molar-refractivity contribution is 5.97. The molecule has 1 aromatic carbocycles. The third kappa shape index (κ3) is 4.89. The molecule has 32 heavy (non-hydrogen) atoms. The molecule has 3 rings (SSSR count). The van der Waals surface area contributed by atoms with E-state index in [0.717, 1.165) is 17.0 Å². The second kappa shape index (κ2) is 9.70. The molecule has 3 aromatic rings. The van der Waals surface area contributed by atoms with Crippen molar-refractivity contribution < 1.29 is 19.1 Å². The van der Waals surface area contributed by atoms with Gasteiger partial charge in [0, 0.05) is 29.1 Å². The number of carbonyl (C=O) groups excluding carboxylic acids is 3. The molecule has 2 aromatic heterocycles. The summed E-state index contributed by atoms with van der Waals surface area (Å²) in [6, 6.07) is 8.41. The lowest BCUT2D eigenvalue weighted by molar-refractivity contribution is -0.139. The lowest BCUT2D eigenvalue weighted by Gasteiger charge is -2.11. The zero-order valence-electron chi connectivity index (χ0n) is 17.9. The van der Waals surface area contributed by atoms with Crippen LogP contribution in [0.15, 0.2) is 30.5 Å². The average molecular weight is 434 g/mol. The van der Waals surface area contributed by atoms with Crippen LogP contribution >= 0.6 is 0 Å². The topological polar surface area (TPSA) is 138 Å². The Labute approximate surface area is 184 Å². The number of hydrogen-bond donors (Lipinski definition) is 2. The van der Waals surface area contributed by atoms with Crippen LogP contribution in [0.5, 0.6) is 0 Å². The van der Waals surface area contributed by atoms with Gasteiger partial charge in [0.1, 0.15) is 18.2 Å². The minimum Gasteiger partial charge on any atom is -0.468 e. The van der Waals surface area contributed by atoms with Crippen LogP contribution in [0.3, 0.4) is 0 Å². The van der Waals surface area contributed by atoms with E-state index in [4.69, 9.17) is 5.26 Å². The van der Waals surface area contributed by atoms with Gasteiger partial charge in [0.15, 0.2) is 5.65 Å². The Balaban J connectivity index is 1.60. The molecule has 0 saturated heterocycles. The first kappa shape index (κ1) is 22.4. The van der Waals surface area contributed by atoms with E-state index in [2.05, 4.69) is 31.5 Å². The van der Waals surface area contributed by atoms with Crippen LogP contribution in [-0.4, -0.2) is 46.0 Å². The summed E-state index contributed by atoms with van der Waals surface area (Å²) in [5.41, 5.74) is 4.30. The van der Waals surface area contributed by atoms with Gasteiger partial charge in [-0.25, -0.2) is 9.50 Å². The monoisotopic (exact) mass is 434 g/mol. The van der Waals surface area contributed by atoms with Gasteiger partial charge in [-0.15, -0.1) is 0 Å². The van der Waals surface area contributed by atoms with Gasteiger partial charge in [0.25, 0.3) is 5.91 Å². The third-order valence-electron chi connectivity index (χ3n) is 4.98. The van der Waals surface area contributed by atoms with Gasteiger partial charge in [-0.1, -0.05) is 0 Å². The van der Waals surface area contributed by atoms with E-state index in [9.17, 15) is 14.4 Å². The standard InChI is InChI=1S/C22H22N6O4/c1-13-18(14(2)28-21(26-13)16(10-23)11-25-28)8-9-19(29)27-17-6-4-15(5-7-17)22(31)24-12-20(30)32-3/h4-7,11H,8-9,12H2,1-3H3,(H,24,31)(H,27,29). The molecule has 0 saturated carbocycles. The molecule has 0 atom stereocenters. The highest BCUT2D eigenvalue weighted by Gasteiger charge is 2.15. The van der Waals surface area contributed by atoms with Crippen LogP contribution in [-0.2, 0) is 20.7 Å². The van der Waals surface area contributed by atoms with Crippen molar-refractivity contribution in [2.24, 2.45) is 0 Å². The zero-order valence-corrected chi connectivity index (χ0v) is 17.9. The minimum atomic E-state index is -0.542. The largest absolute Gasteiger partial charge is 0.468 e. The Bertz CT molecular complexity index is 1220. The summed E-state index contributed by atoms with van der Waals surface area (Å²) in [6.45, 7) is 3.51. The molecule has 2 N–H and O–H groups in total. The summed E-state index contributed by atoms with van der Waals surface area (Å²) in [6.07, 6.45) is 2.16. The second-order valence-corrected chi connectivity index (χ2v) is 7.05. The number of ether oxygens (including phenoxy) is 1. The van der Waals surface area contributed by atoms with E-state index < -0.39 is 11.9 Å². The van der Waals surface area contributed by atoms with Crippen molar-refractivity contribution in [2.75, 3.05) is 19.0 Å². The number of amides is 2. The number of fused-ring (bicyclic) bond motifs is 1. The molecule has 2 amide bonds. The number of hydrogen-bond acceptors (Lipinski definition) is 7. The predicted octanol–water partition coefficient (Wildman–Crippen LogP) is 1.69. The van der Waals surface area contributed by atoms with E-state index in [0.29, 0.717) is 28.9 Å². The molecular weight excluding hydrogens is 412 g/mol. The van der Waals surface area contributed by atoms with Crippen molar-refractivity contribution >= 4 is 29.1 Å². The molecular formula is C22H22N6O4. The number of aryl methyl sites for hydroxylation is 2. The normalized spacial score (nSPS) is 10.4. The maximum atomic E-state index is 12.4. The SMILES string of the molecule is COC(=O)CNC(=O)c1ccc(NC(=O)CCc2c(C)nc3c(C#N)cnn3c2C)cc1. The van der Waals surface area contributed by atoms with Crippen LogP contribution < -0.4 is 10.6 Å². The molecule has 0 unspecified atom stereocenters. The van der Waals surface area contributed by atoms with Gasteiger partial charge in [0.05, 0.1) is 13.3 Å². The zero-order chi connectivity index (χ0) is 23.3. The molecule has 164 valence electrons. The quantitative estimate of drug-likeness (QED) is 0.540. The van der Waals surface area contributed by atoms with E-state index in [1.165, 1.54) is 13.3 Å². The van der Waals surface area contributed by atoms with Crippen molar-refractivity contribution in [1.82, 2.24) is 19.9 Å². The summed E-state index contributed by atoms with van der Waals surface area (Å²) >= 11 is 0. The Morgan fingerprint density at radius 2 is 1.91 bits per heavy atom. The van der Waals surface area contributed by atoms with Crippen LogP contribution in [0.25, 0.3) is 5.65 Å². The number of nitrogens with one attached hydrogen (secondary N) is 2. The molecule has 2 heterocycles. The van der Waals surface area contributed by atoms with E-state index in [-0.39, 0.29) is 18.9 Å². The molecule has 0 spiro atoms. The van der Waals surface area contributed by atoms with Gasteiger partial charge in [-0.05, 0) is 50.1 Å². The fraction of sp³-hybridized carbons (Fsp3) is 0.273. The van der Waals surface area contributed by atoms with Crippen molar-refractivity contribution in [2.45, 2.75) is 26.7 Å². The maximum absolute atomic E-state index is 12.4. The van der Waals surface area contributed by atoms with E-state index in [1.54, 1.807) is 28.8 Å². The van der Waals surface area contributed by atoms with Gasteiger partial charge in [-0.2, -0.15) is 10.4 Å². The summed E-state index contributed by atoms with van der Waals surface area (Å²) in [4.78, 5) is 40.0. The number of nitriles is 1. The van der Waals surface area contributed by atoms with Crippen LogP contribution in [0.4, 0.5) is 5.69 Å². The second-order valence-electron chi connectivity index (χ2n) is 7.05. The summed E-state index contributed by atoms with van der Waals surface area (Å²) in [5.74, 6) is -1.15. The highest BCUT2D eigenvalue weighted by atomic mass is 16.5. The summed E-state index contributed by atoms with van der Waals surface area (Å²) < 4.78 is 6.09. The average Bonchev–Trinajstić information content (AvgIpc) is 3.20. The van der Waals surface area contributed by atoms with E-state index >= 15 is 0 Å². The lowest BCUT2D eigenvalue weighted by atomic mass is 10.1. The first-order valence-electron chi connectivity index (χ1n) is 9.83. The molecule has 0 bridgehead atoms. The van der Waals surface area contributed by atoms with Gasteiger partial charge < -0.3 is 15.4 Å². The smallest absolute Gasteiger partial charge is 0.325 e. The van der Waals surface area contributed by atoms with Crippen molar-refractivity contribution in [3.63, 3.8) is 0 Å². The Kier molecular flexibility index (Phi) is 6.80. The molecule has 10 nitrogen and oxygen atoms in total. The van der Waals surface area contributed by atoms with Crippen molar-refractivity contribution in [3.05, 3.63) is 58.5 Å². The fourth-order valence-corrected chi connectivity index (χ4v) is 3.25. The van der Waals surface area contributed by atoms with Gasteiger partial charge in [0.2, 0.25) is 5.91 Å². The minimum absolute atomic E-state index is 0.190. The van der Waals surface area contributed by atoms with E-state index in [1.807, 2.05) is 13.8 Å². The summed E-state index contributed by atoms with van der Waals surface area (Å²) in [5, 5.41) is 18.6. The maximum Gasteiger partial charge on any atom is 0.325 e. The number of rotatable bonds is 7. The number of benzene rings is 1. The molecule has 0 aliphatic carbocycles. The van der Waals surface area contributed by atoms with Crippen molar-refractivity contribution in [3.8, 4) is 6.07 Å². The van der Waals surface area contributed by atoms with Gasteiger partial charge >= 0.3 is 5.97 Å². The highest BCUT2D eigenvalue weighted by Crippen LogP contribution is 2.18. The first-order valence-corrected chi connectivity index (χ1v) is 9.83. The lowest BCUT2D eigenvalue weighted by Crippen LogP contribution is -2.30. The Morgan fingerprint density at radius 1 is 1.19 bits per heavy atom. The molecule has 0 aliphatic heterocycles. The van der Waals surface area contributed by atoms with Gasteiger partial charge in [-0.3, -0.25) is 14.4 Å². The number of methoxy groups -OCH3 is 1. The van der Waals surface area contributed by atoms with Crippen molar-refractivity contribution in [1.29, 1.82) is 5.26 Å². The summed E-state index contributed by atoms with van der Waals surface area (Å²) in [7, 11) is 1.24. The number of carbonyl (C=O) groups is 3. The van der Waals surface area contributed by atoms with Crippen LogP contribution in [0.1, 0.15) is 39.3 Å². The van der Waals surface area contributed by atoms with Crippen LogP contribution in [0.2, 0.25) is 0 Å². The third-order valence-corrected chi connectivity index (χ3v) is 4.98. The number of esters is 1. The predicted molar refractivity (Wildman–Crippen MR) is 115 cm³/mol. The Morgan fingerprint density at radius 3 is 2.56 bits per heavy atom.